The Bertz CT molecular complexity index is 1790. The maximum Gasteiger partial charge on any atom is 0.428 e. The second-order valence-electron chi connectivity index (χ2n) is 13.2. The Morgan fingerprint density at radius 3 is 2.47 bits per heavy atom. The number of nitrogens with zero attached hydrogens (tertiary/aromatic N) is 4. The number of benzene rings is 2. The van der Waals surface area contributed by atoms with Gasteiger partial charge in [0.05, 0.1) is 18.3 Å². The van der Waals surface area contributed by atoms with E-state index in [1.54, 1.807) is 52.0 Å². The van der Waals surface area contributed by atoms with E-state index >= 15 is 0 Å². The van der Waals surface area contributed by atoms with E-state index in [-0.39, 0.29) is 23.8 Å². The minimum absolute atomic E-state index is 0.0812. The Hall–Kier alpha value is -4.71. The molecule has 4 atom stereocenters. The average molecular weight is 683 g/mol. The van der Waals surface area contributed by atoms with Gasteiger partial charge >= 0.3 is 11.8 Å². The number of carbonyl (C=O) groups excluding carboxylic acids is 5. The van der Waals surface area contributed by atoms with Crippen molar-refractivity contribution < 1.29 is 33.3 Å². The van der Waals surface area contributed by atoms with Gasteiger partial charge in [-0.3, -0.25) is 19.4 Å². The van der Waals surface area contributed by atoms with Crippen molar-refractivity contribution >= 4 is 47.1 Å². The van der Waals surface area contributed by atoms with Crippen LogP contribution in [0.5, 0.6) is 5.75 Å². The number of thiazole rings is 1. The fourth-order valence-corrected chi connectivity index (χ4v) is 8.25. The van der Waals surface area contributed by atoms with Crippen molar-refractivity contribution in [2.75, 3.05) is 26.2 Å². The van der Waals surface area contributed by atoms with Crippen LogP contribution < -0.4 is 10.1 Å². The van der Waals surface area contributed by atoms with Gasteiger partial charge in [0, 0.05) is 43.5 Å². The molecular weight excluding hydrogens is 643 g/mol. The van der Waals surface area contributed by atoms with Crippen molar-refractivity contribution in [1.29, 1.82) is 0 Å². The topological polar surface area (TPSA) is 129 Å². The number of amides is 5. The van der Waals surface area contributed by atoms with Crippen molar-refractivity contribution in [3.05, 3.63) is 81.3 Å². The molecule has 0 spiro atoms. The summed E-state index contributed by atoms with van der Waals surface area (Å²) in [4.78, 5) is 76.3. The molecule has 1 saturated carbocycles. The van der Waals surface area contributed by atoms with Gasteiger partial charge in [-0.1, -0.05) is 48.6 Å². The minimum Gasteiger partial charge on any atom is -0.488 e. The summed E-state index contributed by atoms with van der Waals surface area (Å²) < 4.78 is 7.77. The fourth-order valence-electron chi connectivity index (χ4n) is 7.67. The highest BCUT2D eigenvalue weighted by Gasteiger charge is 2.47. The number of likely N-dealkylation sites (tertiary alicyclic amines) is 1. The standard InChI is InChI=1S/C37H39N5O6S/c1-2-16-39-33(43)25-9-3-4-10-26(25)34(44)41-18-14-23-8-7-13-30(48-24-15-17-40(20-24)37(47)31-19-38-22-49-31)32(23)29(41)21-42-35(45)27-11-5-6-12-28(27)36(42)46/h5-8,11-13,19,21-22,24-26,29H,2-4,9-10,14-18,20H2,1H3/p+1/t24-,25-,26+,29+/m0/s1. The molecule has 1 saturated heterocycles. The molecule has 3 aliphatic heterocycles. The van der Waals surface area contributed by atoms with Crippen molar-refractivity contribution in [2.45, 2.75) is 64.0 Å². The highest BCUT2D eigenvalue weighted by molar-refractivity contribution is 7.11. The summed E-state index contributed by atoms with van der Waals surface area (Å²) in [5.74, 6) is -1.63. The van der Waals surface area contributed by atoms with Crippen LogP contribution in [0.4, 0.5) is 0 Å². The van der Waals surface area contributed by atoms with Crippen LogP contribution in [0.15, 0.2) is 54.2 Å². The molecule has 0 radical (unpaired) electrons. The summed E-state index contributed by atoms with van der Waals surface area (Å²) in [5, 5.41) is 3.00. The number of rotatable bonds is 8. The Morgan fingerprint density at radius 2 is 1.76 bits per heavy atom. The maximum absolute atomic E-state index is 14.7. The number of fused-ring (bicyclic) bond motifs is 2. The van der Waals surface area contributed by atoms with E-state index in [1.165, 1.54) is 11.3 Å². The second-order valence-corrected chi connectivity index (χ2v) is 14.1. The lowest BCUT2D eigenvalue weighted by atomic mass is 9.77. The van der Waals surface area contributed by atoms with E-state index in [2.05, 4.69) is 10.3 Å². The molecule has 1 N–H and O–H groups in total. The first-order chi connectivity index (χ1) is 23.9. The summed E-state index contributed by atoms with van der Waals surface area (Å²) in [6.07, 6.45) is 7.77. The van der Waals surface area contributed by atoms with Crippen LogP contribution in [0, 0.1) is 11.8 Å². The highest BCUT2D eigenvalue weighted by Crippen LogP contribution is 2.40. The minimum atomic E-state index is -0.799. The van der Waals surface area contributed by atoms with E-state index in [0.717, 1.165) is 29.4 Å². The van der Waals surface area contributed by atoms with Crippen LogP contribution in [-0.4, -0.2) is 87.4 Å². The zero-order valence-electron chi connectivity index (χ0n) is 27.5. The third-order valence-electron chi connectivity index (χ3n) is 10.1. The molecule has 0 unspecified atom stereocenters. The Morgan fingerprint density at radius 1 is 1.00 bits per heavy atom. The fraction of sp³-hybridized carbons (Fsp3) is 0.432. The SMILES string of the molecule is CCCNC(=O)[C@H]1CCCC[C@H]1C(=O)N1CCc2cccc(O[C@H]3CCN(C(=O)c4cncs4)C3)c2[C@H]1C=[N+]1C(=O)c2ccccc2C1=O. The van der Waals surface area contributed by atoms with Crippen LogP contribution >= 0.6 is 11.3 Å². The van der Waals surface area contributed by atoms with E-state index < -0.39 is 29.7 Å². The van der Waals surface area contributed by atoms with Gasteiger partial charge in [0.2, 0.25) is 11.8 Å². The van der Waals surface area contributed by atoms with Gasteiger partial charge in [-0.15, -0.1) is 11.3 Å². The summed E-state index contributed by atoms with van der Waals surface area (Å²) in [6.45, 7) is 3.84. The zero-order valence-corrected chi connectivity index (χ0v) is 28.3. The molecule has 4 aliphatic rings. The number of aromatic nitrogens is 1. The molecule has 254 valence electrons. The number of ether oxygens (including phenoxy) is 1. The number of hydrogen-bond acceptors (Lipinski definition) is 8. The Balaban J connectivity index is 1.24. The van der Waals surface area contributed by atoms with Crippen LogP contribution in [0.3, 0.4) is 0 Å². The predicted octanol–water partition coefficient (Wildman–Crippen LogP) is 4.27. The predicted molar refractivity (Wildman–Crippen MR) is 182 cm³/mol. The maximum atomic E-state index is 14.7. The van der Waals surface area contributed by atoms with Crippen LogP contribution in [0.25, 0.3) is 0 Å². The highest BCUT2D eigenvalue weighted by atomic mass is 32.1. The first-order valence-electron chi connectivity index (χ1n) is 17.2. The van der Waals surface area contributed by atoms with Gasteiger partial charge in [0.15, 0.2) is 6.21 Å². The lowest BCUT2D eigenvalue weighted by Gasteiger charge is -2.39. The van der Waals surface area contributed by atoms with Crippen molar-refractivity contribution in [3.8, 4) is 5.75 Å². The average Bonchev–Trinajstić information content (AvgIpc) is 3.89. The van der Waals surface area contributed by atoms with E-state index in [4.69, 9.17) is 4.74 Å². The molecule has 12 heteroatoms. The number of hydrogen-bond donors (Lipinski definition) is 1. The number of nitrogens with one attached hydrogen (secondary N) is 1. The summed E-state index contributed by atoms with van der Waals surface area (Å²) in [7, 11) is 0. The van der Waals surface area contributed by atoms with Gasteiger partial charge in [-0.25, -0.2) is 9.59 Å². The number of imide groups is 1. The summed E-state index contributed by atoms with van der Waals surface area (Å²) in [5.41, 5.74) is 3.95. The molecule has 7 rings (SSSR count). The number of carbonyl (C=O) groups is 5. The molecule has 5 amide bonds. The molecule has 1 aliphatic carbocycles. The van der Waals surface area contributed by atoms with Crippen LogP contribution in [-0.2, 0) is 16.0 Å². The lowest BCUT2D eigenvalue weighted by molar-refractivity contribution is -0.321. The molecule has 1 aromatic heterocycles. The molecule has 2 aromatic carbocycles. The lowest BCUT2D eigenvalue weighted by Crippen LogP contribution is -2.49. The van der Waals surface area contributed by atoms with E-state index in [9.17, 15) is 24.0 Å². The molecule has 2 fully saturated rings. The van der Waals surface area contributed by atoms with Crippen molar-refractivity contribution in [3.63, 3.8) is 0 Å². The molecular formula is C37H40N5O6S+. The Labute approximate surface area is 289 Å². The summed E-state index contributed by atoms with van der Waals surface area (Å²) >= 11 is 1.30. The first-order valence-corrected chi connectivity index (χ1v) is 18.1. The molecule has 0 bridgehead atoms. The molecule has 11 nitrogen and oxygen atoms in total. The van der Waals surface area contributed by atoms with Gasteiger partial charge < -0.3 is 19.9 Å². The van der Waals surface area contributed by atoms with Crippen LogP contribution in [0.2, 0.25) is 0 Å². The third kappa shape index (κ3) is 6.29. The van der Waals surface area contributed by atoms with Gasteiger partial charge in [-0.05, 0) is 49.4 Å². The van der Waals surface area contributed by atoms with Gasteiger partial charge in [0.1, 0.15) is 33.9 Å². The quantitative estimate of drug-likeness (QED) is 0.278. The molecule has 49 heavy (non-hydrogen) atoms. The monoisotopic (exact) mass is 682 g/mol. The molecule has 3 aromatic rings. The largest absolute Gasteiger partial charge is 0.488 e. The van der Waals surface area contributed by atoms with Crippen molar-refractivity contribution in [1.82, 2.24) is 20.1 Å². The molecule has 4 heterocycles. The Kier molecular flexibility index (Phi) is 9.40. The smallest absolute Gasteiger partial charge is 0.428 e. The summed E-state index contributed by atoms with van der Waals surface area (Å²) in [6, 6.07) is 11.7. The normalized spacial score (nSPS) is 23.2. The second kappa shape index (κ2) is 14.0. The first kappa shape index (κ1) is 32.8. The van der Waals surface area contributed by atoms with E-state index in [0.29, 0.717) is 79.2 Å². The zero-order chi connectivity index (χ0) is 34.1. The van der Waals surface area contributed by atoms with Crippen molar-refractivity contribution in [2.24, 2.45) is 11.8 Å². The van der Waals surface area contributed by atoms with Gasteiger partial charge in [-0.2, -0.15) is 0 Å². The van der Waals surface area contributed by atoms with E-state index in [1.807, 2.05) is 25.1 Å². The third-order valence-corrected chi connectivity index (χ3v) is 10.9. The van der Waals surface area contributed by atoms with Gasteiger partial charge in [0.25, 0.3) is 5.91 Å². The van der Waals surface area contributed by atoms with Crippen LogP contribution in [0.1, 0.15) is 93.0 Å².